The molecule has 1 aliphatic heterocycles. The van der Waals surface area contributed by atoms with Gasteiger partial charge in [-0.25, -0.2) is 4.79 Å². The lowest BCUT2D eigenvalue weighted by Crippen LogP contribution is -2.30. The quantitative estimate of drug-likeness (QED) is 0.854. The van der Waals surface area contributed by atoms with Crippen LogP contribution in [0.3, 0.4) is 0 Å². The summed E-state index contributed by atoms with van der Waals surface area (Å²) in [5, 5.41) is 9.09. The number of benzene rings is 1. The molecule has 0 amide bonds. The van der Waals surface area contributed by atoms with Gasteiger partial charge in [0.05, 0.1) is 17.8 Å². The van der Waals surface area contributed by atoms with E-state index in [0.29, 0.717) is 17.9 Å². The van der Waals surface area contributed by atoms with Crippen molar-refractivity contribution < 1.29 is 14.6 Å². The van der Waals surface area contributed by atoms with Crippen LogP contribution >= 0.6 is 0 Å². The molecule has 17 heavy (non-hydrogen) atoms. The third-order valence-corrected chi connectivity index (χ3v) is 3.04. The number of ether oxygens (including phenoxy) is 1. The Hall–Kier alpha value is -1.71. The summed E-state index contributed by atoms with van der Waals surface area (Å²) >= 11 is 0. The van der Waals surface area contributed by atoms with Crippen molar-refractivity contribution in [3.05, 3.63) is 23.3 Å². The molecule has 0 aliphatic carbocycles. The first-order valence-corrected chi connectivity index (χ1v) is 5.76. The highest BCUT2D eigenvalue weighted by Gasteiger charge is 2.22. The molecule has 4 nitrogen and oxygen atoms in total. The summed E-state index contributed by atoms with van der Waals surface area (Å²) in [4.78, 5) is 13.2. The van der Waals surface area contributed by atoms with Crippen molar-refractivity contribution in [2.75, 3.05) is 25.1 Å². The second-order valence-electron chi connectivity index (χ2n) is 4.64. The molecule has 2 rings (SSSR count). The van der Waals surface area contributed by atoms with Crippen LogP contribution in [0.25, 0.3) is 0 Å². The molecule has 1 heterocycles. The van der Waals surface area contributed by atoms with Crippen LogP contribution < -0.4 is 9.64 Å². The van der Waals surface area contributed by atoms with Crippen LogP contribution in [0.5, 0.6) is 5.75 Å². The number of carboxylic acid groups (broad SMARTS) is 1. The summed E-state index contributed by atoms with van der Waals surface area (Å²) in [6.07, 6.45) is 0. The Balaban J connectivity index is 2.62. The van der Waals surface area contributed by atoms with E-state index in [0.717, 1.165) is 17.8 Å². The first kappa shape index (κ1) is 11.8. The maximum Gasteiger partial charge on any atom is 0.335 e. The molecule has 0 fully saturated rings. The van der Waals surface area contributed by atoms with Gasteiger partial charge in [-0.15, -0.1) is 0 Å². The molecule has 0 saturated heterocycles. The molecule has 1 N–H and O–H groups in total. The molecule has 92 valence electrons. The van der Waals surface area contributed by atoms with Crippen LogP contribution in [0.1, 0.15) is 35.7 Å². The van der Waals surface area contributed by atoms with Crippen molar-refractivity contribution >= 4 is 11.7 Å². The Morgan fingerprint density at radius 1 is 1.47 bits per heavy atom. The van der Waals surface area contributed by atoms with Crippen molar-refractivity contribution in [2.24, 2.45) is 0 Å². The molecule has 1 aliphatic rings. The fourth-order valence-corrected chi connectivity index (χ4v) is 2.12. The van der Waals surface area contributed by atoms with Crippen LogP contribution in [0.15, 0.2) is 12.1 Å². The molecule has 0 bridgehead atoms. The van der Waals surface area contributed by atoms with E-state index < -0.39 is 5.97 Å². The van der Waals surface area contributed by atoms with Gasteiger partial charge in [-0.1, -0.05) is 13.8 Å². The fraction of sp³-hybridized carbons (Fsp3) is 0.462. The van der Waals surface area contributed by atoms with Gasteiger partial charge < -0.3 is 14.7 Å². The molecule has 1 aromatic rings. The first-order valence-electron chi connectivity index (χ1n) is 5.76. The molecular weight excluding hydrogens is 218 g/mol. The van der Waals surface area contributed by atoms with Gasteiger partial charge in [0.15, 0.2) is 0 Å². The molecule has 0 spiro atoms. The maximum absolute atomic E-state index is 11.1. The zero-order valence-electron chi connectivity index (χ0n) is 10.4. The Kier molecular flexibility index (Phi) is 2.96. The number of carbonyl (C=O) groups is 1. The largest absolute Gasteiger partial charge is 0.490 e. The first-order chi connectivity index (χ1) is 8.00. The van der Waals surface area contributed by atoms with Crippen molar-refractivity contribution in [1.82, 2.24) is 0 Å². The van der Waals surface area contributed by atoms with Crippen molar-refractivity contribution in [3.63, 3.8) is 0 Å². The molecule has 0 saturated carbocycles. The average Bonchev–Trinajstić information content (AvgIpc) is 2.27. The van der Waals surface area contributed by atoms with E-state index >= 15 is 0 Å². The summed E-state index contributed by atoms with van der Waals surface area (Å²) in [7, 11) is 2.01. The third-order valence-electron chi connectivity index (χ3n) is 3.04. The van der Waals surface area contributed by atoms with Crippen LogP contribution in [0.2, 0.25) is 0 Å². The lowest BCUT2D eigenvalue weighted by atomic mass is 9.96. The van der Waals surface area contributed by atoms with E-state index in [-0.39, 0.29) is 5.92 Å². The number of hydrogen-bond donors (Lipinski definition) is 1. The highest BCUT2D eigenvalue weighted by Crippen LogP contribution is 2.39. The number of carboxylic acids is 1. The number of fused-ring (bicyclic) bond motifs is 1. The highest BCUT2D eigenvalue weighted by molar-refractivity contribution is 5.90. The van der Waals surface area contributed by atoms with Gasteiger partial charge in [0.2, 0.25) is 0 Å². The lowest BCUT2D eigenvalue weighted by Gasteiger charge is -2.31. The highest BCUT2D eigenvalue weighted by atomic mass is 16.5. The smallest absolute Gasteiger partial charge is 0.335 e. The summed E-state index contributed by atoms with van der Waals surface area (Å²) < 4.78 is 5.57. The Bertz CT molecular complexity index is 454. The average molecular weight is 235 g/mol. The summed E-state index contributed by atoms with van der Waals surface area (Å²) in [6, 6.07) is 3.36. The summed E-state index contributed by atoms with van der Waals surface area (Å²) in [6.45, 7) is 5.55. The van der Waals surface area contributed by atoms with Crippen molar-refractivity contribution in [3.8, 4) is 5.75 Å². The number of likely N-dealkylation sites (N-methyl/N-ethyl adjacent to an activating group) is 1. The zero-order chi connectivity index (χ0) is 12.6. The summed E-state index contributed by atoms with van der Waals surface area (Å²) in [5.74, 6) is 0.0427. The van der Waals surface area contributed by atoms with Gasteiger partial charge in [-0.3, -0.25) is 0 Å². The second-order valence-corrected chi connectivity index (χ2v) is 4.64. The predicted octanol–water partition coefficient (Wildman–Crippen LogP) is 2.34. The molecule has 0 aromatic heterocycles. The van der Waals surface area contributed by atoms with E-state index in [9.17, 15) is 4.79 Å². The van der Waals surface area contributed by atoms with Crippen molar-refractivity contribution in [2.45, 2.75) is 19.8 Å². The topological polar surface area (TPSA) is 49.8 Å². The normalized spacial score (nSPS) is 14.5. The predicted molar refractivity (Wildman–Crippen MR) is 66.3 cm³/mol. The van der Waals surface area contributed by atoms with Crippen LogP contribution in [-0.2, 0) is 0 Å². The minimum absolute atomic E-state index is 0.271. The van der Waals surface area contributed by atoms with Gasteiger partial charge in [0.25, 0.3) is 0 Å². The van der Waals surface area contributed by atoms with Crippen LogP contribution in [-0.4, -0.2) is 31.3 Å². The maximum atomic E-state index is 11.1. The third kappa shape index (κ3) is 2.07. The Morgan fingerprint density at radius 3 is 2.76 bits per heavy atom. The number of aromatic carboxylic acids is 1. The summed E-state index contributed by atoms with van der Waals surface area (Å²) in [5.41, 5.74) is 2.35. The zero-order valence-corrected chi connectivity index (χ0v) is 10.4. The van der Waals surface area contributed by atoms with Gasteiger partial charge >= 0.3 is 5.97 Å². The Morgan fingerprint density at radius 2 is 2.18 bits per heavy atom. The molecule has 0 atom stereocenters. The van der Waals surface area contributed by atoms with E-state index in [4.69, 9.17) is 9.84 Å². The lowest BCUT2D eigenvalue weighted by molar-refractivity contribution is 0.0696. The fourth-order valence-electron chi connectivity index (χ4n) is 2.12. The molecular formula is C13H17NO3. The van der Waals surface area contributed by atoms with E-state index in [1.165, 1.54) is 0 Å². The van der Waals surface area contributed by atoms with Crippen LogP contribution in [0, 0.1) is 0 Å². The standard InChI is InChI=1S/C13H17NO3/c1-8(2)10-6-9(13(15)16)7-11-12(10)14(3)4-5-17-11/h6-8H,4-5H2,1-3H3,(H,15,16). The van der Waals surface area contributed by atoms with Gasteiger partial charge in [0.1, 0.15) is 12.4 Å². The molecule has 1 aromatic carbocycles. The minimum atomic E-state index is -0.911. The van der Waals surface area contributed by atoms with Gasteiger partial charge in [-0.05, 0) is 23.6 Å². The number of nitrogens with zero attached hydrogens (tertiary/aromatic N) is 1. The number of rotatable bonds is 2. The molecule has 4 heteroatoms. The van der Waals surface area contributed by atoms with E-state index in [1.54, 1.807) is 12.1 Å². The second kappa shape index (κ2) is 4.28. The van der Waals surface area contributed by atoms with Gasteiger partial charge in [0, 0.05) is 7.05 Å². The molecule has 0 radical (unpaired) electrons. The van der Waals surface area contributed by atoms with E-state index in [2.05, 4.69) is 18.7 Å². The van der Waals surface area contributed by atoms with Crippen molar-refractivity contribution in [1.29, 1.82) is 0 Å². The SMILES string of the molecule is CC(C)c1cc(C(=O)O)cc2c1N(C)CCO2. The number of hydrogen-bond acceptors (Lipinski definition) is 3. The van der Waals surface area contributed by atoms with Crippen LogP contribution in [0.4, 0.5) is 5.69 Å². The number of anilines is 1. The molecule has 0 unspecified atom stereocenters. The van der Waals surface area contributed by atoms with E-state index in [1.807, 2.05) is 7.05 Å². The van der Waals surface area contributed by atoms with Gasteiger partial charge in [-0.2, -0.15) is 0 Å². The Labute approximate surface area is 101 Å². The monoisotopic (exact) mass is 235 g/mol. The minimum Gasteiger partial charge on any atom is -0.490 e.